The van der Waals surface area contributed by atoms with E-state index in [4.69, 9.17) is 0 Å². The molecule has 0 aliphatic rings. The molecule has 1 heterocycles. The standard InChI is InChI=1S/C17H13N3O6S2/c21-27(22,23)16-13(7-6-12-4-2-1-3-5-12)8-9-14(17(16)28(24,25)26)15-10-11-18-20-19-15/h1-11H,(H,21,22,23)(H,24,25,26). The molecule has 2 N–H and O–H groups in total. The zero-order valence-corrected chi connectivity index (χ0v) is 15.7. The first-order chi connectivity index (χ1) is 13.2. The van der Waals surface area contributed by atoms with Gasteiger partial charge in [0, 0.05) is 5.56 Å². The van der Waals surface area contributed by atoms with Crippen LogP contribution in [0.5, 0.6) is 0 Å². The SMILES string of the molecule is O=S(=O)(O)c1c(C=Cc2ccccc2)ccc(-c2ccnnn2)c1S(=O)(=O)O. The molecule has 0 saturated heterocycles. The Labute approximate surface area is 160 Å². The third-order valence-corrected chi connectivity index (χ3v) is 5.72. The molecule has 3 aromatic rings. The van der Waals surface area contributed by atoms with Crippen molar-refractivity contribution >= 4 is 32.4 Å². The topological polar surface area (TPSA) is 147 Å². The van der Waals surface area contributed by atoms with Gasteiger partial charge in [-0.2, -0.15) is 16.8 Å². The van der Waals surface area contributed by atoms with Crippen molar-refractivity contribution in [1.29, 1.82) is 0 Å². The number of rotatable bonds is 5. The molecule has 0 amide bonds. The van der Waals surface area contributed by atoms with Gasteiger partial charge in [-0.25, -0.2) is 0 Å². The lowest BCUT2D eigenvalue weighted by Gasteiger charge is -2.13. The molecule has 0 aliphatic heterocycles. The average molecular weight is 419 g/mol. The van der Waals surface area contributed by atoms with Gasteiger partial charge in [0.25, 0.3) is 20.2 Å². The van der Waals surface area contributed by atoms with Crippen LogP contribution in [0.4, 0.5) is 0 Å². The highest BCUT2D eigenvalue weighted by Crippen LogP contribution is 2.34. The lowest BCUT2D eigenvalue weighted by molar-refractivity contribution is 0.466. The lowest BCUT2D eigenvalue weighted by atomic mass is 10.1. The third-order valence-electron chi connectivity index (χ3n) is 3.69. The second-order valence-electron chi connectivity index (χ2n) is 5.56. The molecule has 0 unspecified atom stereocenters. The van der Waals surface area contributed by atoms with Gasteiger partial charge in [0.1, 0.15) is 9.79 Å². The van der Waals surface area contributed by atoms with Crippen LogP contribution in [-0.4, -0.2) is 41.4 Å². The van der Waals surface area contributed by atoms with E-state index in [1.54, 1.807) is 30.3 Å². The van der Waals surface area contributed by atoms with E-state index in [2.05, 4.69) is 15.4 Å². The van der Waals surface area contributed by atoms with E-state index < -0.39 is 30.0 Å². The van der Waals surface area contributed by atoms with Gasteiger partial charge in [0.05, 0.1) is 11.9 Å². The van der Waals surface area contributed by atoms with Crippen LogP contribution in [0.1, 0.15) is 11.1 Å². The van der Waals surface area contributed by atoms with E-state index in [9.17, 15) is 25.9 Å². The smallest absolute Gasteiger partial charge is 0.282 e. The van der Waals surface area contributed by atoms with Gasteiger partial charge in [0.15, 0.2) is 0 Å². The second kappa shape index (κ2) is 7.56. The number of hydrogen-bond acceptors (Lipinski definition) is 7. The Morgan fingerprint density at radius 3 is 2.04 bits per heavy atom. The molecular weight excluding hydrogens is 406 g/mol. The van der Waals surface area contributed by atoms with Crippen LogP contribution in [0, 0.1) is 0 Å². The van der Waals surface area contributed by atoms with Crippen LogP contribution in [0.3, 0.4) is 0 Å². The molecule has 2 aromatic carbocycles. The van der Waals surface area contributed by atoms with Crippen molar-refractivity contribution in [2.24, 2.45) is 0 Å². The molecule has 9 nitrogen and oxygen atoms in total. The van der Waals surface area contributed by atoms with Crippen LogP contribution in [0.25, 0.3) is 23.4 Å². The van der Waals surface area contributed by atoms with Gasteiger partial charge in [0.2, 0.25) is 0 Å². The predicted molar refractivity (Wildman–Crippen MR) is 100 cm³/mol. The first-order valence-corrected chi connectivity index (χ1v) is 10.6. The van der Waals surface area contributed by atoms with Crippen molar-refractivity contribution in [3.63, 3.8) is 0 Å². The first-order valence-electron chi connectivity index (χ1n) is 7.68. The van der Waals surface area contributed by atoms with Crippen LogP contribution in [0.2, 0.25) is 0 Å². The number of hydrogen-bond donors (Lipinski definition) is 2. The molecule has 144 valence electrons. The number of benzene rings is 2. The minimum Gasteiger partial charge on any atom is -0.282 e. The summed E-state index contributed by atoms with van der Waals surface area (Å²) in [6.07, 6.45) is 4.06. The van der Waals surface area contributed by atoms with Crippen molar-refractivity contribution in [2.45, 2.75) is 9.79 Å². The van der Waals surface area contributed by atoms with E-state index in [-0.39, 0.29) is 16.8 Å². The van der Waals surface area contributed by atoms with E-state index in [1.165, 1.54) is 36.5 Å². The highest BCUT2D eigenvalue weighted by atomic mass is 32.2. The molecule has 11 heteroatoms. The average Bonchev–Trinajstić information content (AvgIpc) is 2.65. The Hall–Kier alpha value is -2.99. The molecular formula is C17H13N3O6S2. The zero-order chi connectivity index (χ0) is 20.4. The van der Waals surface area contributed by atoms with Crippen molar-refractivity contribution in [3.8, 4) is 11.3 Å². The third kappa shape index (κ3) is 4.28. The van der Waals surface area contributed by atoms with Crippen LogP contribution in [0.15, 0.2) is 64.5 Å². The summed E-state index contributed by atoms with van der Waals surface area (Å²) in [4.78, 5) is -1.95. The Bertz CT molecular complexity index is 1240. The number of aromatic nitrogens is 3. The minimum absolute atomic E-state index is 0.0499. The summed E-state index contributed by atoms with van der Waals surface area (Å²) in [7, 11) is -10.1. The molecule has 0 aliphatic carbocycles. The second-order valence-corrected chi connectivity index (χ2v) is 8.28. The maximum absolute atomic E-state index is 12.0. The molecule has 3 rings (SSSR count). The Morgan fingerprint density at radius 2 is 1.46 bits per heavy atom. The molecule has 0 fully saturated rings. The number of nitrogens with zero attached hydrogens (tertiary/aromatic N) is 3. The summed E-state index contributed by atoms with van der Waals surface area (Å²) < 4.78 is 67.4. The van der Waals surface area contributed by atoms with Crippen molar-refractivity contribution < 1.29 is 25.9 Å². The Balaban J connectivity index is 2.33. The molecule has 0 spiro atoms. The maximum atomic E-state index is 12.0. The summed E-state index contributed by atoms with van der Waals surface area (Å²) in [6, 6.07) is 12.6. The van der Waals surface area contributed by atoms with Crippen molar-refractivity contribution in [2.75, 3.05) is 0 Å². The van der Waals surface area contributed by atoms with Gasteiger partial charge < -0.3 is 0 Å². The lowest BCUT2D eigenvalue weighted by Crippen LogP contribution is -2.12. The summed E-state index contributed by atoms with van der Waals surface area (Å²) >= 11 is 0. The van der Waals surface area contributed by atoms with E-state index in [0.717, 1.165) is 0 Å². The van der Waals surface area contributed by atoms with Crippen molar-refractivity contribution in [3.05, 3.63) is 65.9 Å². The van der Waals surface area contributed by atoms with Gasteiger partial charge >= 0.3 is 0 Å². The fourth-order valence-electron chi connectivity index (χ4n) is 2.57. The Kier molecular flexibility index (Phi) is 5.34. The fraction of sp³-hybridized carbons (Fsp3) is 0. The fourth-order valence-corrected chi connectivity index (χ4v) is 4.78. The van der Waals surface area contributed by atoms with Crippen LogP contribution < -0.4 is 0 Å². The van der Waals surface area contributed by atoms with E-state index >= 15 is 0 Å². The van der Waals surface area contributed by atoms with Crippen LogP contribution >= 0.6 is 0 Å². The summed E-state index contributed by atoms with van der Waals surface area (Å²) in [5.74, 6) is 0. The van der Waals surface area contributed by atoms with Crippen molar-refractivity contribution in [1.82, 2.24) is 15.4 Å². The molecule has 28 heavy (non-hydrogen) atoms. The highest BCUT2D eigenvalue weighted by Gasteiger charge is 2.31. The maximum Gasteiger partial charge on any atom is 0.296 e. The monoisotopic (exact) mass is 419 g/mol. The normalized spacial score (nSPS) is 12.4. The molecule has 0 radical (unpaired) electrons. The molecule has 0 atom stereocenters. The van der Waals surface area contributed by atoms with E-state index in [0.29, 0.717) is 5.56 Å². The van der Waals surface area contributed by atoms with Gasteiger partial charge in [-0.1, -0.05) is 54.6 Å². The highest BCUT2D eigenvalue weighted by molar-refractivity contribution is 7.89. The summed E-state index contributed by atoms with van der Waals surface area (Å²) in [5, 5.41) is 10.5. The quantitative estimate of drug-likeness (QED) is 0.469. The largest absolute Gasteiger partial charge is 0.296 e. The molecule has 0 saturated carbocycles. The van der Waals surface area contributed by atoms with E-state index in [1.807, 2.05) is 0 Å². The first kappa shape index (κ1) is 19.8. The van der Waals surface area contributed by atoms with Gasteiger partial charge in [-0.15, -0.1) is 10.2 Å². The molecule has 1 aromatic heterocycles. The van der Waals surface area contributed by atoms with Crippen LogP contribution in [-0.2, 0) is 20.2 Å². The predicted octanol–water partition coefficient (Wildman–Crippen LogP) is 2.20. The zero-order valence-electron chi connectivity index (χ0n) is 14.0. The Morgan fingerprint density at radius 1 is 0.786 bits per heavy atom. The minimum atomic E-state index is -5.06. The summed E-state index contributed by atoms with van der Waals surface area (Å²) in [6.45, 7) is 0. The summed E-state index contributed by atoms with van der Waals surface area (Å²) in [5.41, 5.74) is 0.277. The van der Waals surface area contributed by atoms with Gasteiger partial charge in [-0.05, 0) is 22.4 Å². The van der Waals surface area contributed by atoms with Gasteiger partial charge in [-0.3, -0.25) is 9.11 Å². The molecule has 0 bridgehead atoms.